The second-order valence-corrected chi connectivity index (χ2v) is 11.3. The summed E-state index contributed by atoms with van der Waals surface area (Å²) in [6.45, 7) is 4.33. The Hall–Kier alpha value is -2.74. The first kappa shape index (κ1) is 25.9. The molecule has 6 nitrogen and oxygen atoms in total. The van der Waals surface area contributed by atoms with E-state index in [0.717, 1.165) is 55.9 Å². The molecular weight excluding hydrogens is 504 g/mol. The fourth-order valence-corrected chi connectivity index (χ4v) is 6.38. The van der Waals surface area contributed by atoms with Crippen molar-refractivity contribution in [3.63, 3.8) is 0 Å². The molecule has 2 amide bonds. The van der Waals surface area contributed by atoms with Crippen LogP contribution in [0.5, 0.6) is 0 Å². The van der Waals surface area contributed by atoms with Gasteiger partial charge in [-0.3, -0.25) is 14.5 Å². The number of halogens is 1. The summed E-state index contributed by atoms with van der Waals surface area (Å²) in [5.74, 6) is 0.328. The van der Waals surface area contributed by atoms with Crippen LogP contribution in [0, 0.1) is 0 Å². The lowest BCUT2D eigenvalue weighted by molar-refractivity contribution is -0.131. The van der Waals surface area contributed by atoms with Crippen LogP contribution < -0.4 is 5.32 Å². The maximum atomic E-state index is 12.9. The molecule has 1 N–H and O–H groups in total. The average molecular weight is 537 g/mol. The first-order chi connectivity index (χ1) is 18.0. The van der Waals surface area contributed by atoms with E-state index in [9.17, 15) is 9.59 Å². The lowest BCUT2D eigenvalue weighted by Gasteiger charge is -2.32. The number of hydrogen-bond donors (Lipinski definition) is 1. The molecule has 3 heterocycles. The molecule has 1 aromatic heterocycles. The topological polar surface area (TPSA) is 65.5 Å². The molecule has 37 heavy (non-hydrogen) atoms. The van der Waals surface area contributed by atoms with E-state index in [4.69, 9.17) is 16.6 Å². The van der Waals surface area contributed by atoms with Crippen molar-refractivity contribution in [1.82, 2.24) is 20.1 Å². The maximum Gasteiger partial charge on any atom is 0.270 e. The van der Waals surface area contributed by atoms with Crippen LogP contribution in [-0.2, 0) is 17.8 Å². The summed E-state index contributed by atoms with van der Waals surface area (Å²) < 4.78 is 0. The Balaban J connectivity index is 1.06. The highest BCUT2D eigenvalue weighted by molar-refractivity contribution is 7.09. The van der Waals surface area contributed by atoms with Gasteiger partial charge >= 0.3 is 0 Å². The van der Waals surface area contributed by atoms with E-state index < -0.39 is 0 Å². The van der Waals surface area contributed by atoms with Gasteiger partial charge in [0, 0.05) is 55.1 Å². The molecule has 0 spiro atoms. The van der Waals surface area contributed by atoms with Gasteiger partial charge in [-0.15, -0.1) is 11.3 Å². The van der Waals surface area contributed by atoms with Gasteiger partial charge in [-0.2, -0.15) is 0 Å². The molecule has 0 saturated carbocycles. The van der Waals surface area contributed by atoms with Crippen LogP contribution in [0.4, 0.5) is 0 Å². The highest BCUT2D eigenvalue weighted by Gasteiger charge is 2.27. The minimum atomic E-state index is -0.0728. The second-order valence-electron chi connectivity index (χ2n) is 10.0. The van der Waals surface area contributed by atoms with Gasteiger partial charge in [0.2, 0.25) is 5.91 Å². The van der Waals surface area contributed by atoms with Crippen LogP contribution in [-0.4, -0.2) is 58.8 Å². The standard InChI is InChI=1S/C29H33ClN4O2S/c30-25-9-5-4-8-23(25)18-27(35)34-16-10-22(11-17-34)29-32-26(20-37-29)28(36)31-24-12-14-33(15-13-24)19-21-6-2-1-3-7-21/h1-9,20,22,24H,10-19H2,(H,31,36). The summed E-state index contributed by atoms with van der Waals surface area (Å²) in [6.07, 6.45) is 3.97. The molecule has 194 valence electrons. The van der Waals surface area contributed by atoms with E-state index in [1.165, 1.54) is 5.56 Å². The van der Waals surface area contributed by atoms with Crippen LogP contribution in [0.15, 0.2) is 60.0 Å². The third kappa shape index (κ3) is 6.78. The zero-order valence-electron chi connectivity index (χ0n) is 20.9. The largest absolute Gasteiger partial charge is 0.348 e. The SMILES string of the molecule is O=C(NC1CCN(Cc2ccccc2)CC1)c1csc(C2CCN(C(=O)Cc3ccccc3Cl)CC2)n1. The van der Waals surface area contributed by atoms with Crippen molar-refractivity contribution in [3.8, 4) is 0 Å². The molecule has 2 aliphatic heterocycles. The Kier molecular flexibility index (Phi) is 8.54. The number of nitrogens with zero attached hydrogens (tertiary/aromatic N) is 3. The average Bonchev–Trinajstić information content (AvgIpc) is 3.42. The highest BCUT2D eigenvalue weighted by atomic mass is 35.5. The lowest BCUT2D eigenvalue weighted by Crippen LogP contribution is -2.44. The van der Waals surface area contributed by atoms with E-state index in [1.54, 1.807) is 11.3 Å². The molecule has 0 aliphatic carbocycles. The third-order valence-corrected chi connectivity index (χ3v) is 8.80. The number of nitrogens with one attached hydrogen (secondary N) is 1. The van der Waals surface area contributed by atoms with Gasteiger partial charge in [0.15, 0.2) is 0 Å². The lowest BCUT2D eigenvalue weighted by atomic mass is 9.97. The number of rotatable bonds is 7. The van der Waals surface area contributed by atoms with Gasteiger partial charge in [-0.05, 0) is 42.9 Å². The van der Waals surface area contributed by atoms with Crippen LogP contribution in [0.25, 0.3) is 0 Å². The molecular formula is C29H33ClN4O2S. The Bertz CT molecular complexity index is 1200. The monoisotopic (exact) mass is 536 g/mol. The third-order valence-electron chi connectivity index (χ3n) is 7.42. The van der Waals surface area contributed by atoms with E-state index >= 15 is 0 Å². The van der Waals surface area contributed by atoms with Crippen molar-refractivity contribution in [2.75, 3.05) is 26.2 Å². The van der Waals surface area contributed by atoms with E-state index in [-0.39, 0.29) is 23.8 Å². The van der Waals surface area contributed by atoms with Gasteiger partial charge in [-0.25, -0.2) is 4.98 Å². The molecule has 2 aliphatic rings. The molecule has 0 radical (unpaired) electrons. The first-order valence-electron chi connectivity index (χ1n) is 13.1. The van der Waals surface area contributed by atoms with Gasteiger partial charge in [0.25, 0.3) is 5.91 Å². The molecule has 5 rings (SSSR count). The zero-order valence-corrected chi connectivity index (χ0v) is 22.5. The van der Waals surface area contributed by atoms with Gasteiger partial charge in [0.1, 0.15) is 5.69 Å². The minimum absolute atomic E-state index is 0.0728. The van der Waals surface area contributed by atoms with Crippen LogP contribution in [0.1, 0.15) is 58.2 Å². The van der Waals surface area contributed by atoms with Gasteiger partial charge < -0.3 is 10.2 Å². The normalized spacial score (nSPS) is 17.6. The number of carbonyl (C=O) groups excluding carboxylic acids is 2. The maximum absolute atomic E-state index is 12.9. The molecule has 8 heteroatoms. The predicted octanol–water partition coefficient (Wildman–Crippen LogP) is 5.14. The Morgan fingerprint density at radius 3 is 2.38 bits per heavy atom. The number of aromatic nitrogens is 1. The summed E-state index contributed by atoms with van der Waals surface area (Å²) >= 11 is 7.78. The van der Waals surface area contributed by atoms with Crippen molar-refractivity contribution >= 4 is 34.8 Å². The van der Waals surface area contributed by atoms with Crippen LogP contribution in [0.3, 0.4) is 0 Å². The Morgan fingerprint density at radius 1 is 0.946 bits per heavy atom. The molecule has 0 atom stereocenters. The van der Waals surface area contributed by atoms with E-state index in [1.807, 2.05) is 40.6 Å². The van der Waals surface area contributed by atoms with E-state index in [0.29, 0.717) is 30.2 Å². The van der Waals surface area contributed by atoms with Crippen LogP contribution in [0.2, 0.25) is 5.02 Å². The number of piperidine rings is 2. The van der Waals surface area contributed by atoms with Crippen molar-refractivity contribution in [1.29, 1.82) is 0 Å². The fourth-order valence-electron chi connectivity index (χ4n) is 5.21. The minimum Gasteiger partial charge on any atom is -0.348 e. The molecule has 0 unspecified atom stereocenters. The molecule has 2 saturated heterocycles. The number of benzene rings is 2. The molecule has 0 bridgehead atoms. The van der Waals surface area contributed by atoms with Crippen molar-refractivity contribution in [3.05, 3.63) is 86.8 Å². The first-order valence-corrected chi connectivity index (χ1v) is 14.3. The fraction of sp³-hybridized carbons (Fsp3) is 0.414. The molecule has 2 fully saturated rings. The van der Waals surface area contributed by atoms with Crippen molar-refractivity contribution < 1.29 is 9.59 Å². The van der Waals surface area contributed by atoms with Gasteiger partial charge in [-0.1, -0.05) is 60.1 Å². The number of hydrogen-bond acceptors (Lipinski definition) is 5. The number of thiazole rings is 1. The Labute approximate surface area is 227 Å². The van der Waals surface area contributed by atoms with Crippen molar-refractivity contribution in [2.24, 2.45) is 0 Å². The van der Waals surface area contributed by atoms with Crippen LogP contribution >= 0.6 is 22.9 Å². The summed E-state index contributed by atoms with van der Waals surface area (Å²) in [5, 5.41) is 6.72. The smallest absolute Gasteiger partial charge is 0.270 e. The Morgan fingerprint density at radius 2 is 1.65 bits per heavy atom. The summed E-state index contributed by atoms with van der Waals surface area (Å²) in [5.41, 5.74) is 2.72. The quantitative estimate of drug-likeness (QED) is 0.454. The second kappa shape index (κ2) is 12.2. The molecule has 3 aromatic rings. The number of carbonyl (C=O) groups is 2. The van der Waals surface area contributed by atoms with E-state index in [2.05, 4.69) is 34.5 Å². The molecule has 2 aromatic carbocycles. The summed E-state index contributed by atoms with van der Waals surface area (Å²) in [6, 6.07) is 18.2. The zero-order chi connectivity index (χ0) is 25.6. The van der Waals surface area contributed by atoms with Gasteiger partial charge in [0.05, 0.1) is 11.4 Å². The summed E-state index contributed by atoms with van der Waals surface area (Å²) in [4.78, 5) is 34.7. The number of amides is 2. The van der Waals surface area contributed by atoms with Crippen molar-refractivity contribution in [2.45, 2.75) is 50.6 Å². The number of likely N-dealkylation sites (tertiary alicyclic amines) is 2. The highest BCUT2D eigenvalue weighted by Crippen LogP contribution is 2.31. The summed E-state index contributed by atoms with van der Waals surface area (Å²) in [7, 11) is 0. The predicted molar refractivity (Wildman–Crippen MR) is 148 cm³/mol.